The van der Waals surface area contributed by atoms with E-state index in [0.717, 1.165) is 16.6 Å². The summed E-state index contributed by atoms with van der Waals surface area (Å²) in [6, 6.07) is 25.2. The first-order valence-corrected chi connectivity index (χ1v) is 9.77. The molecule has 4 aromatic rings. The molecule has 0 aliphatic carbocycles. The van der Waals surface area contributed by atoms with Gasteiger partial charge in [0.05, 0.1) is 13.7 Å². The molecule has 156 valence electrons. The Balaban J connectivity index is 1.54. The van der Waals surface area contributed by atoms with Crippen LogP contribution in [0.1, 0.15) is 5.56 Å². The Bertz CT molecular complexity index is 1230. The van der Waals surface area contributed by atoms with Gasteiger partial charge in [0.1, 0.15) is 17.1 Å². The van der Waals surface area contributed by atoms with Crippen LogP contribution in [0.15, 0.2) is 94.1 Å². The van der Waals surface area contributed by atoms with Crippen molar-refractivity contribution in [2.24, 2.45) is 0 Å². The van der Waals surface area contributed by atoms with Crippen LogP contribution < -0.4 is 20.0 Å². The van der Waals surface area contributed by atoms with E-state index in [0.29, 0.717) is 23.6 Å². The maximum atomic E-state index is 13.1. The third-order valence-electron chi connectivity index (χ3n) is 4.83. The van der Waals surface area contributed by atoms with Gasteiger partial charge in [0.25, 0.3) is 5.91 Å². The average molecular weight is 415 g/mol. The molecule has 0 saturated heterocycles. The fourth-order valence-electron chi connectivity index (χ4n) is 3.21. The zero-order valence-corrected chi connectivity index (χ0v) is 17.0. The van der Waals surface area contributed by atoms with E-state index in [4.69, 9.17) is 13.9 Å². The lowest BCUT2D eigenvalue weighted by atomic mass is 10.2. The number of rotatable bonds is 7. The lowest BCUT2D eigenvalue weighted by molar-refractivity contribution is -0.120. The molecule has 31 heavy (non-hydrogen) atoms. The quantitative estimate of drug-likeness (QED) is 0.418. The predicted molar refractivity (Wildman–Crippen MR) is 119 cm³/mol. The predicted octanol–water partition coefficient (Wildman–Crippen LogP) is 4.41. The number of hydrogen-bond acceptors (Lipinski definition) is 5. The molecule has 4 rings (SSSR count). The Hall–Kier alpha value is -4.06. The third kappa shape index (κ3) is 4.93. The SMILES string of the molecule is COc1ccc(N(Cc2ccccc2)C(=O)COc2ccc3ccc(=O)oc3c2)cc1. The molecule has 0 bridgehead atoms. The first-order valence-electron chi connectivity index (χ1n) is 9.77. The topological polar surface area (TPSA) is 69.0 Å². The van der Waals surface area contributed by atoms with Crippen molar-refractivity contribution in [2.45, 2.75) is 6.54 Å². The van der Waals surface area contributed by atoms with Gasteiger partial charge in [-0.15, -0.1) is 0 Å². The minimum atomic E-state index is -0.436. The number of hydrogen-bond donors (Lipinski definition) is 0. The zero-order chi connectivity index (χ0) is 21.6. The summed E-state index contributed by atoms with van der Waals surface area (Å²) < 4.78 is 16.1. The van der Waals surface area contributed by atoms with Gasteiger partial charge in [-0.25, -0.2) is 4.79 Å². The van der Waals surface area contributed by atoms with Crippen LogP contribution in [0.25, 0.3) is 11.0 Å². The van der Waals surface area contributed by atoms with Crippen LogP contribution in [0, 0.1) is 0 Å². The number of fused-ring (bicyclic) bond motifs is 1. The highest BCUT2D eigenvalue weighted by Gasteiger charge is 2.17. The molecule has 0 aliphatic heterocycles. The number of carbonyl (C=O) groups excluding carboxylic acids is 1. The first-order chi connectivity index (χ1) is 15.1. The zero-order valence-electron chi connectivity index (χ0n) is 17.0. The molecule has 0 aliphatic rings. The van der Waals surface area contributed by atoms with Gasteiger partial charge in [0.15, 0.2) is 6.61 Å². The standard InChI is InChI=1S/C25H21NO5/c1-29-21-12-9-20(10-13-21)26(16-18-5-3-2-4-6-18)24(27)17-30-22-11-7-19-8-14-25(28)31-23(19)15-22/h2-15H,16-17H2,1H3. The van der Waals surface area contributed by atoms with Gasteiger partial charge in [-0.2, -0.15) is 0 Å². The van der Waals surface area contributed by atoms with Crippen molar-refractivity contribution in [3.63, 3.8) is 0 Å². The third-order valence-corrected chi connectivity index (χ3v) is 4.83. The van der Waals surface area contributed by atoms with Crippen molar-refractivity contribution >= 4 is 22.6 Å². The summed E-state index contributed by atoms with van der Waals surface area (Å²) >= 11 is 0. The minimum Gasteiger partial charge on any atom is -0.497 e. The number of benzene rings is 3. The average Bonchev–Trinajstić information content (AvgIpc) is 2.81. The van der Waals surface area contributed by atoms with Crippen LogP contribution in [-0.4, -0.2) is 19.6 Å². The maximum Gasteiger partial charge on any atom is 0.336 e. The van der Waals surface area contributed by atoms with Crippen LogP contribution >= 0.6 is 0 Å². The number of anilines is 1. The Morgan fingerprint density at radius 2 is 1.61 bits per heavy atom. The van der Waals surface area contributed by atoms with E-state index in [1.807, 2.05) is 54.6 Å². The van der Waals surface area contributed by atoms with Gasteiger partial charge in [-0.3, -0.25) is 4.79 Å². The van der Waals surface area contributed by atoms with E-state index in [1.165, 1.54) is 6.07 Å². The van der Waals surface area contributed by atoms with Crippen molar-refractivity contribution in [2.75, 3.05) is 18.6 Å². The smallest absolute Gasteiger partial charge is 0.336 e. The van der Waals surface area contributed by atoms with Crippen LogP contribution in [0.2, 0.25) is 0 Å². The molecule has 0 fully saturated rings. The number of methoxy groups -OCH3 is 1. The fraction of sp³-hybridized carbons (Fsp3) is 0.120. The lowest BCUT2D eigenvalue weighted by Crippen LogP contribution is -2.34. The molecule has 0 unspecified atom stereocenters. The summed E-state index contributed by atoms with van der Waals surface area (Å²) in [5.41, 5.74) is 1.71. The van der Waals surface area contributed by atoms with Gasteiger partial charge in [-0.05, 0) is 48.0 Å². The molecule has 0 radical (unpaired) electrons. The molecule has 0 spiro atoms. The number of amides is 1. The molecule has 1 amide bonds. The lowest BCUT2D eigenvalue weighted by Gasteiger charge is -2.23. The molecule has 1 aromatic heterocycles. The Labute approximate surface area is 179 Å². The number of nitrogens with zero attached hydrogens (tertiary/aromatic N) is 1. The van der Waals surface area contributed by atoms with Gasteiger partial charge in [-0.1, -0.05) is 30.3 Å². The van der Waals surface area contributed by atoms with E-state index in [1.54, 1.807) is 36.3 Å². The van der Waals surface area contributed by atoms with Crippen LogP contribution in [-0.2, 0) is 11.3 Å². The van der Waals surface area contributed by atoms with E-state index < -0.39 is 5.63 Å². The van der Waals surface area contributed by atoms with E-state index in [9.17, 15) is 9.59 Å². The van der Waals surface area contributed by atoms with Crippen molar-refractivity contribution in [1.82, 2.24) is 0 Å². The van der Waals surface area contributed by atoms with Gasteiger partial charge < -0.3 is 18.8 Å². The molecular weight excluding hydrogens is 394 g/mol. The van der Waals surface area contributed by atoms with Crippen molar-refractivity contribution in [1.29, 1.82) is 0 Å². The van der Waals surface area contributed by atoms with Crippen molar-refractivity contribution < 1.29 is 18.7 Å². The number of ether oxygens (including phenoxy) is 2. The Morgan fingerprint density at radius 3 is 2.35 bits per heavy atom. The summed E-state index contributed by atoms with van der Waals surface area (Å²) in [7, 11) is 1.60. The monoisotopic (exact) mass is 415 g/mol. The summed E-state index contributed by atoms with van der Waals surface area (Å²) in [6.45, 7) is 0.239. The Morgan fingerprint density at radius 1 is 0.903 bits per heavy atom. The van der Waals surface area contributed by atoms with Crippen LogP contribution in [0.3, 0.4) is 0 Å². The molecule has 6 heteroatoms. The van der Waals surface area contributed by atoms with Gasteiger partial charge in [0.2, 0.25) is 0 Å². The normalized spacial score (nSPS) is 10.6. The van der Waals surface area contributed by atoms with Crippen LogP contribution in [0.5, 0.6) is 11.5 Å². The highest BCUT2D eigenvalue weighted by molar-refractivity contribution is 5.94. The van der Waals surface area contributed by atoms with Gasteiger partial charge >= 0.3 is 5.63 Å². The van der Waals surface area contributed by atoms with E-state index >= 15 is 0 Å². The molecule has 0 N–H and O–H groups in total. The molecule has 0 saturated carbocycles. The summed E-state index contributed by atoms with van der Waals surface area (Å²) in [4.78, 5) is 26.2. The Kier molecular flexibility index (Phi) is 5.98. The molecule has 6 nitrogen and oxygen atoms in total. The molecule has 3 aromatic carbocycles. The molecule has 1 heterocycles. The second-order valence-corrected chi connectivity index (χ2v) is 6.91. The second kappa shape index (κ2) is 9.17. The van der Waals surface area contributed by atoms with Crippen LogP contribution in [0.4, 0.5) is 5.69 Å². The highest BCUT2D eigenvalue weighted by Crippen LogP contribution is 2.23. The molecule has 0 atom stereocenters. The first kappa shape index (κ1) is 20.2. The highest BCUT2D eigenvalue weighted by atomic mass is 16.5. The van der Waals surface area contributed by atoms with Crippen molar-refractivity contribution in [3.05, 3.63) is 101 Å². The maximum absolute atomic E-state index is 13.1. The fourth-order valence-corrected chi connectivity index (χ4v) is 3.21. The summed E-state index contributed by atoms with van der Waals surface area (Å²) in [6.07, 6.45) is 0. The summed E-state index contributed by atoms with van der Waals surface area (Å²) in [5, 5.41) is 0.780. The van der Waals surface area contributed by atoms with Gasteiger partial charge in [0, 0.05) is 23.2 Å². The number of carbonyl (C=O) groups is 1. The van der Waals surface area contributed by atoms with E-state index in [2.05, 4.69) is 0 Å². The van der Waals surface area contributed by atoms with Crippen molar-refractivity contribution in [3.8, 4) is 11.5 Å². The second-order valence-electron chi connectivity index (χ2n) is 6.91. The summed E-state index contributed by atoms with van der Waals surface area (Å²) in [5.74, 6) is 0.956. The largest absolute Gasteiger partial charge is 0.497 e. The molecular formula is C25H21NO5. The van der Waals surface area contributed by atoms with E-state index in [-0.39, 0.29) is 12.5 Å². The minimum absolute atomic E-state index is 0.165.